The smallest absolute Gasteiger partial charge is 0.125 e. The van der Waals surface area contributed by atoms with Crippen molar-refractivity contribution in [3.8, 4) is 0 Å². The molecule has 0 aliphatic heterocycles. The number of hydrogen-bond donors (Lipinski definition) is 1. The SMILES string of the molecule is CCC(N=C=N)N(CC)N(C)C.Cl. The minimum Gasteiger partial charge on any atom is -0.246 e. The topological polar surface area (TPSA) is 42.7 Å². The highest BCUT2D eigenvalue weighted by Crippen LogP contribution is 2.05. The molecule has 0 spiro atoms. The van der Waals surface area contributed by atoms with Crippen LogP contribution in [-0.4, -0.2) is 42.8 Å². The van der Waals surface area contributed by atoms with Crippen molar-refractivity contribution in [1.82, 2.24) is 10.0 Å². The molecule has 0 rings (SSSR count). The Labute approximate surface area is 86.5 Å². The zero-order chi connectivity index (χ0) is 9.56. The first-order valence-electron chi connectivity index (χ1n) is 4.22. The van der Waals surface area contributed by atoms with Crippen molar-refractivity contribution >= 4 is 18.4 Å². The van der Waals surface area contributed by atoms with Gasteiger partial charge in [0.25, 0.3) is 0 Å². The van der Waals surface area contributed by atoms with Crippen molar-refractivity contribution < 1.29 is 0 Å². The van der Waals surface area contributed by atoms with Crippen LogP contribution in [-0.2, 0) is 0 Å². The van der Waals surface area contributed by atoms with Crippen molar-refractivity contribution in [2.45, 2.75) is 26.4 Å². The summed E-state index contributed by atoms with van der Waals surface area (Å²) in [6, 6.07) is 2.10. The van der Waals surface area contributed by atoms with Crippen LogP contribution in [0, 0.1) is 5.41 Å². The minimum absolute atomic E-state index is 0. The maximum absolute atomic E-state index is 6.78. The van der Waals surface area contributed by atoms with Crippen LogP contribution in [0.3, 0.4) is 0 Å². The monoisotopic (exact) mass is 206 g/mol. The maximum atomic E-state index is 6.78. The molecular formula is C8H19ClN4. The third-order valence-electron chi connectivity index (χ3n) is 1.76. The van der Waals surface area contributed by atoms with Gasteiger partial charge in [0.1, 0.15) is 6.17 Å². The van der Waals surface area contributed by atoms with E-state index in [1.807, 2.05) is 19.1 Å². The van der Waals surface area contributed by atoms with Gasteiger partial charge in [-0.3, -0.25) is 0 Å². The summed E-state index contributed by atoms with van der Waals surface area (Å²) in [6.07, 6.45) is 0.959. The first kappa shape index (κ1) is 15.1. The molecule has 0 saturated heterocycles. The van der Waals surface area contributed by atoms with E-state index >= 15 is 0 Å². The molecule has 0 fully saturated rings. The van der Waals surface area contributed by atoms with Crippen molar-refractivity contribution in [2.75, 3.05) is 20.6 Å². The van der Waals surface area contributed by atoms with E-state index in [0.29, 0.717) is 0 Å². The lowest BCUT2D eigenvalue weighted by Crippen LogP contribution is -2.43. The highest BCUT2D eigenvalue weighted by atomic mass is 35.5. The summed E-state index contributed by atoms with van der Waals surface area (Å²) in [5.74, 6) is 0. The average molecular weight is 207 g/mol. The Kier molecular flexibility index (Phi) is 9.51. The number of nitrogens with one attached hydrogen (secondary N) is 1. The van der Waals surface area contributed by atoms with Gasteiger partial charge in [-0.1, -0.05) is 13.8 Å². The number of aliphatic imine (C=N–C) groups is 1. The number of hydrazine groups is 1. The molecule has 4 nitrogen and oxygen atoms in total. The quantitative estimate of drug-likeness (QED) is 0.550. The Morgan fingerprint density at radius 1 is 1.38 bits per heavy atom. The predicted octanol–water partition coefficient (Wildman–Crippen LogP) is 1.70. The molecule has 0 bridgehead atoms. The maximum Gasteiger partial charge on any atom is 0.125 e. The highest BCUT2D eigenvalue weighted by molar-refractivity contribution is 5.85. The molecule has 0 radical (unpaired) electrons. The van der Waals surface area contributed by atoms with Crippen LogP contribution >= 0.6 is 12.4 Å². The van der Waals surface area contributed by atoms with E-state index in [9.17, 15) is 0 Å². The van der Waals surface area contributed by atoms with Gasteiger partial charge in [0.2, 0.25) is 0 Å². The summed E-state index contributed by atoms with van der Waals surface area (Å²) in [6.45, 7) is 5.02. The van der Waals surface area contributed by atoms with Crippen LogP contribution in [0.25, 0.3) is 0 Å². The Morgan fingerprint density at radius 3 is 2.15 bits per heavy atom. The molecule has 78 valence electrons. The number of halogens is 1. The van der Waals surface area contributed by atoms with Gasteiger partial charge in [-0.05, 0) is 6.42 Å². The van der Waals surface area contributed by atoms with Crippen LogP contribution in [0.15, 0.2) is 4.99 Å². The molecule has 1 N–H and O–H groups in total. The zero-order valence-corrected chi connectivity index (χ0v) is 9.56. The van der Waals surface area contributed by atoms with E-state index in [2.05, 4.69) is 29.9 Å². The molecule has 13 heavy (non-hydrogen) atoms. The molecule has 1 unspecified atom stereocenters. The molecule has 0 aromatic rings. The van der Waals surface area contributed by atoms with E-state index in [1.165, 1.54) is 0 Å². The van der Waals surface area contributed by atoms with Crippen LogP contribution in [0.4, 0.5) is 0 Å². The Morgan fingerprint density at radius 2 is 1.92 bits per heavy atom. The highest BCUT2D eigenvalue weighted by Gasteiger charge is 2.14. The first-order chi connectivity index (χ1) is 5.67. The normalized spacial score (nSPS) is 12.2. The fourth-order valence-electron chi connectivity index (χ4n) is 1.20. The average Bonchev–Trinajstić information content (AvgIpc) is 2.03. The molecule has 1 atom stereocenters. The van der Waals surface area contributed by atoms with Gasteiger partial charge < -0.3 is 0 Å². The second-order valence-electron chi connectivity index (χ2n) is 2.73. The third-order valence-corrected chi connectivity index (χ3v) is 1.76. The van der Waals surface area contributed by atoms with Crippen molar-refractivity contribution in [2.24, 2.45) is 4.99 Å². The summed E-state index contributed by atoms with van der Waals surface area (Å²) in [7, 11) is 3.96. The Balaban J connectivity index is 0. The minimum atomic E-state index is 0. The van der Waals surface area contributed by atoms with Crippen molar-refractivity contribution in [3.05, 3.63) is 0 Å². The summed E-state index contributed by atoms with van der Waals surface area (Å²) in [4.78, 5) is 3.94. The molecule has 0 amide bonds. The van der Waals surface area contributed by atoms with E-state index < -0.39 is 0 Å². The van der Waals surface area contributed by atoms with Crippen LogP contribution in [0.1, 0.15) is 20.3 Å². The summed E-state index contributed by atoms with van der Waals surface area (Å²) < 4.78 is 0. The van der Waals surface area contributed by atoms with Crippen LogP contribution < -0.4 is 0 Å². The molecule has 0 aromatic carbocycles. The van der Waals surface area contributed by atoms with Gasteiger partial charge in [-0.15, -0.1) is 12.4 Å². The number of nitrogens with zero attached hydrogens (tertiary/aromatic N) is 3. The van der Waals surface area contributed by atoms with Gasteiger partial charge >= 0.3 is 0 Å². The molecule has 0 aliphatic rings. The lowest BCUT2D eigenvalue weighted by atomic mass is 10.3. The third kappa shape index (κ3) is 5.01. The Hall–Kier alpha value is -0.410. The second kappa shape index (κ2) is 8.20. The largest absolute Gasteiger partial charge is 0.246 e. The fourth-order valence-corrected chi connectivity index (χ4v) is 1.20. The summed E-state index contributed by atoms with van der Waals surface area (Å²) in [5, 5.41) is 10.9. The summed E-state index contributed by atoms with van der Waals surface area (Å²) in [5.41, 5.74) is 0. The lowest BCUT2D eigenvalue weighted by Gasteiger charge is -2.31. The van der Waals surface area contributed by atoms with Gasteiger partial charge in [0, 0.05) is 20.6 Å². The van der Waals surface area contributed by atoms with Crippen molar-refractivity contribution in [3.63, 3.8) is 0 Å². The fraction of sp³-hybridized carbons (Fsp3) is 0.875. The predicted molar refractivity (Wildman–Crippen MR) is 57.5 cm³/mol. The Bertz CT molecular complexity index is 166. The molecule has 0 heterocycles. The molecule has 0 saturated carbocycles. The lowest BCUT2D eigenvalue weighted by molar-refractivity contribution is -0.0112. The first-order valence-corrected chi connectivity index (χ1v) is 4.22. The molecular weight excluding hydrogens is 188 g/mol. The van der Waals surface area contributed by atoms with E-state index in [1.54, 1.807) is 0 Å². The van der Waals surface area contributed by atoms with Gasteiger partial charge in [0.15, 0.2) is 0 Å². The molecule has 0 aliphatic carbocycles. The standard InChI is InChI=1S/C8H18N4.ClH/c1-5-8(10-7-9)12(6-2)11(3)4;/h8-9H,5-6H2,1-4H3;1H. The number of hydrogen-bond acceptors (Lipinski definition) is 4. The zero-order valence-electron chi connectivity index (χ0n) is 8.74. The van der Waals surface area contributed by atoms with Crippen LogP contribution in [0.2, 0.25) is 0 Å². The van der Waals surface area contributed by atoms with E-state index in [-0.39, 0.29) is 18.6 Å². The van der Waals surface area contributed by atoms with Crippen molar-refractivity contribution in [1.29, 1.82) is 5.41 Å². The van der Waals surface area contributed by atoms with E-state index in [0.717, 1.165) is 13.0 Å². The second-order valence-corrected chi connectivity index (χ2v) is 2.73. The molecule has 5 heteroatoms. The van der Waals surface area contributed by atoms with Crippen LogP contribution in [0.5, 0.6) is 0 Å². The van der Waals surface area contributed by atoms with Gasteiger partial charge in [0.05, 0.1) is 6.01 Å². The van der Waals surface area contributed by atoms with Gasteiger partial charge in [-0.25, -0.2) is 20.4 Å². The number of rotatable bonds is 5. The molecule has 0 aromatic heterocycles. The van der Waals surface area contributed by atoms with E-state index in [4.69, 9.17) is 5.41 Å². The van der Waals surface area contributed by atoms with Gasteiger partial charge in [-0.2, -0.15) is 0 Å². The summed E-state index contributed by atoms with van der Waals surface area (Å²) >= 11 is 0.